The van der Waals surface area contributed by atoms with Gasteiger partial charge in [0.25, 0.3) is 5.91 Å². The Hall–Kier alpha value is -2.78. The molecule has 0 unspecified atom stereocenters. The van der Waals surface area contributed by atoms with Crippen molar-refractivity contribution >= 4 is 11.6 Å². The maximum absolute atomic E-state index is 13.2. The third kappa shape index (κ3) is 4.86. The minimum absolute atomic E-state index is 0.153. The molecular formula is C18H18F2N3O+. The van der Waals surface area contributed by atoms with Crippen LogP contribution in [-0.4, -0.2) is 12.5 Å². The Morgan fingerprint density at radius 3 is 2.54 bits per heavy atom. The second kappa shape index (κ2) is 8.18. The topological polar surface area (TPSA) is 69.5 Å². The van der Waals surface area contributed by atoms with Crippen LogP contribution in [0.3, 0.4) is 0 Å². The largest absolute Gasteiger partial charge is 0.333 e. The van der Waals surface area contributed by atoms with Crippen LogP contribution in [0.1, 0.15) is 24.1 Å². The SMILES string of the molecule is C[C@H]([NH2+]CC(=O)Nc1ccc(CC#N)cc1)c1ccc(F)c(F)c1. The van der Waals surface area contributed by atoms with Gasteiger partial charge in [-0.1, -0.05) is 12.1 Å². The first-order valence-corrected chi connectivity index (χ1v) is 7.53. The van der Waals surface area contributed by atoms with Gasteiger partial charge in [0.15, 0.2) is 18.2 Å². The fraction of sp³-hybridized carbons (Fsp3) is 0.222. The van der Waals surface area contributed by atoms with Crippen molar-refractivity contribution in [3.05, 3.63) is 65.2 Å². The van der Waals surface area contributed by atoms with E-state index in [1.165, 1.54) is 6.07 Å². The summed E-state index contributed by atoms with van der Waals surface area (Å²) in [6, 6.07) is 12.7. The smallest absolute Gasteiger partial charge is 0.279 e. The number of hydrogen-bond acceptors (Lipinski definition) is 2. The maximum atomic E-state index is 13.2. The standard InChI is InChI=1S/C18H17F2N3O/c1-12(14-4-7-16(19)17(20)10-14)22-11-18(24)23-15-5-2-13(3-6-15)8-9-21/h2-7,10,12,22H,8,11H2,1H3,(H,23,24)/p+1/t12-/m0/s1. The first kappa shape index (κ1) is 17.6. The monoisotopic (exact) mass is 330 g/mol. The predicted octanol–water partition coefficient (Wildman–Crippen LogP) is 2.29. The highest BCUT2D eigenvalue weighted by Crippen LogP contribution is 2.13. The minimum Gasteiger partial charge on any atom is -0.333 e. The van der Waals surface area contributed by atoms with E-state index in [4.69, 9.17) is 5.26 Å². The van der Waals surface area contributed by atoms with Gasteiger partial charge in [-0.05, 0) is 42.8 Å². The summed E-state index contributed by atoms with van der Waals surface area (Å²) < 4.78 is 26.2. The lowest BCUT2D eigenvalue weighted by atomic mass is 10.1. The van der Waals surface area contributed by atoms with Crippen LogP contribution in [0.25, 0.3) is 0 Å². The van der Waals surface area contributed by atoms with Crippen LogP contribution in [0.2, 0.25) is 0 Å². The Balaban J connectivity index is 1.86. The zero-order chi connectivity index (χ0) is 17.5. The molecule has 1 amide bonds. The molecule has 0 saturated carbocycles. The lowest BCUT2D eigenvalue weighted by Gasteiger charge is -2.11. The number of halogens is 2. The first-order valence-electron chi connectivity index (χ1n) is 7.53. The van der Waals surface area contributed by atoms with E-state index < -0.39 is 11.6 Å². The highest BCUT2D eigenvalue weighted by Gasteiger charge is 2.14. The van der Waals surface area contributed by atoms with Gasteiger partial charge in [0.05, 0.1) is 12.5 Å². The first-order chi connectivity index (χ1) is 11.5. The molecule has 2 aromatic carbocycles. The van der Waals surface area contributed by atoms with E-state index in [0.29, 0.717) is 17.7 Å². The summed E-state index contributed by atoms with van der Waals surface area (Å²) in [4.78, 5) is 12.0. The van der Waals surface area contributed by atoms with Crippen LogP contribution in [0.5, 0.6) is 0 Å². The summed E-state index contributed by atoms with van der Waals surface area (Å²) >= 11 is 0. The Kier molecular flexibility index (Phi) is 5.99. The third-order valence-electron chi connectivity index (χ3n) is 3.65. The van der Waals surface area contributed by atoms with E-state index in [-0.39, 0.29) is 18.5 Å². The van der Waals surface area contributed by atoms with Crippen molar-refractivity contribution in [2.75, 3.05) is 11.9 Å². The van der Waals surface area contributed by atoms with Gasteiger partial charge in [-0.3, -0.25) is 4.79 Å². The predicted molar refractivity (Wildman–Crippen MR) is 86.0 cm³/mol. The summed E-state index contributed by atoms with van der Waals surface area (Å²) in [7, 11) is 0. The van der Waals surface area contributed by atoms with Crippen LogP contribution in [0.4, 0.5) is 14.5 Å². The van der Waals surface area contributed by atoms with Crippen molar-refractivity contribution < 1.29 is 18.9 Å². The van der Waals surface area contributed by atoms with E-state index in [1.54, 1.807) is 29.6 Å². The summed E-state index contributed by atoms with van der Waals surface area (Å²) in [5.41, 5.74) is 2.15. The Bertz CT molecular complexity index is 754. The number of anilines is 1. The number of quaternary nitrogens is 1. The Labute approximate surface area is 139 Å². The van der Waals surface area contributed by atoms with Crippen molar-refractivity contribution in [1.29, 1.82) is 5.26 Å². The summed E-state index contributed by atoms with van der Waals surface area (Å²) in [5.74, 6) is -1.98. The number of benzene rings is 2. The van der Waals surface area contributed by atoms with Crippen LogP contribution in [0, 0.1) is 23.0 Å². The van der Waals surface area contributed by atoms with E-state index >= 15 is 0 Å². The van der Waals surface area contributed by atoms with Gasteiger partial charge < -0.3 is 10.6 Å². The van der Waals surface area contributed by atoms with Crippen LogP contribution >= 0.6 is 0 Å². The maximum Gasteiger partial charge on any atom is 0.279 e. The minimum atomic E-state index is -0.894. The molecular weight excluding hydrogens is 312 g/mol. The molecule has 3 N–H and O–H groups in total. The molecule has 0 saturated heterocycles. The number of nitrogens with two attached hydrogens (primary N) is 1. The van der Waals surface area contributed by atoms with E-state index in [1.807, 2.05) is 6.92 Å². The Morgan fingerprint density at radius 2 is 1.92 bits per heavy atom. The number of rotatable bonds is 6. The van der Waals surface area contributed by atoms with Crippen molar-refractivity contribution in [2.45, 2.75) is 19.4 Å². The van der Waals surface area contributed by atoms with Crippen LogP contribution in [-0.2, 0) is 11.2 Å². The number of amides is 1. The Morgan fingerprint density at radius 1 is 1.21 bits per heavy atom. The molecule has 0 aliphatic rings. The number of nitriles is 1. The summed E-state index contributed by atoms with van der Waals surface area (Å²) in [5, 5.41) is 13.1. The molecule has 0 radical (unpaired) electrons. The zero-order valence-electron chi connectivity index (χ0n) is 13.2. The number of carbonyl (C=O) groups is 1. The van der Waals surface area contributed by atoms with Crippen molar-refractivity contribution in [1.82, 2.24) is 0 Å². The van der Waals surface area contributed by atoms with Gasteiger partial charge in [-0.25, -0.2) is 8.78 Å². The molecule has 0 bridgehead atoms. The number of hydrogen-bond donors (Lipinski definition) is 2. The third-order valence-corrected chi connectivity index (χ3v) is 3.65. The quantitative estimate of drug-likeness (QED) is 0.853. The molecule has 0 heterocycles. The normalized spacial score (nSPS) is 11.6. The molecule has 6 heteroatoms. The van der Waals surface area contributed by atoms with Crippen LogP contribution in [0.15, 0.2) is 42.5 Å². The second-order valence-corrected chi connectivity index (χ2v) is 5.48. The number of carbonyl (C=O) groups excluding carboxylic acids is 1. The number of nitrogens with one attached hydrogen (secondary N) is 1. The van der Waals surface area contributed by atoms with Crippen molar-refractivity contribution in [3.63, 3.8) is 0 Å². The summed E-state index contributed by atoms with van der Waals surface area (Å²) in [6.07, 6.45) is 0.327. The molecule has 0 aliphatic carbocycles. The zero-order valence-corrected chi connectivity index (χ0v) is 13.2. The van der Waals surface area contributed by atoms with Crippen LogP contribution < -0.4 is 10.6 Å². The molecule has 2 aromatic rings. The highest BCUT2D eigenvalue weighted by molar-refractivity contribution is 5.91. The molecule has 124 valence electrons. The molecule has 1 atom stereocenters. The summed E-state index contributed by atoms with van der Waals surface area (Å²) in [6.45, 7) is 1.97. The molecule has 4 nitrogen and oxygen atoms in total. The van der Waals surface area contributed by atoms with Gasteiger partial charge in [0, 0.05) is 11.3 Å². The molecule has 0 spiro atoms. The molecule has 0 aromatic heterocycles. The van der Waals surface area contributed by atoms with Gasteiger partial charge in [-0.15, -0.1) is 0 Å². The fourth-order valence-corrected chi connectivity index (χ4v) is 2.22. The van der Waals surface area contributed by atoms with Gasteiger partial charge in [-0.2, -0.15) is 5.26 Å². The average Bonchev–Trinajstić information content (AvgIpc) is 2.57. The van der Waals surface area contributed by atoms with Gasteiger partial charge in [0.1, 0.15) is 6.04 Å². The van der Waals surface area contributed by atoms with E-state index in [2.05, 4.69) is 11.4 Å². The van der Waals surface area contributed by atoms with Gasteiger partial charge >= 0.3 is 0 Å². The fourth-order valence-electron chi connectivity index (χ4n) is 2.22. The lowest BCUT2D eigenvalue weighted by Crippen LogP contribution is -2.86. The van der Waals surface area contributed by atoms with Gasteiger partial charge in [0.2, 0.25) is 0 Å². The molecule has 0 fully saturated rings. The molecule has 0 aliphatic heterocycles. The lowest BCUT2D eigenvalue weighted by molar-refractivity contribution is -0.682. The second-order valence-electron chi connectivity index (χ2n) is 5.48. The van der Waals surface area contributed by atoms with Crippen molar-refractivity contribution in [3.8, 4) is 6.07 Å². The molecule has 24 heavy (non-hydrogen) atoms. The van der Waals surface area contributed by atoms with E-state index in [0.717, 1.165) is 17.7 Å². The highest BCUT2D eigenvalue weighted by atomic mass is 19.2. The van der Waals surface area contributed by atoms with Crippen molar-refractivity contribution in [2.24, 2.45) is 0 Å². The number of nitrogens with zero attached hydrogens (tertiary/aromatic N) is 1. The van der Waals surface area contributed by atoms with E-state index in [9.17, 15) is 13.6 Å². The average molecular weight is 330 g/mol. The molecule has 2 rings (SSSR count).